The minimum atomic E-state index is -0.646. The molecule has 0 bridgehead atoms. The standard InChI is InChI=1S/C21H14N4O2/c1-23-18(13-22)12-17-14-25(21(27)24-20(17)26)19(15-8-4-2-5-9-15)16-10-6-3-7-11-16/h2-12,14,19H,(H,24,26,27). The van der Waals surface area contributed by atoms with E-state index in [1.807, 2.05) is 60.7 Å². The number of rotatable bonds is 4. The predicted octanol–water partition coefficient (Wildman–Crippen LogP) is 2.96. The predicted molar refractivity (Wildman–Crippen MR) is 102 cm³/mol. The maximum atomic E-state index is 12.6. The molecule has 0 radical (unpaired) electrons. The van der Waals surface area contributed by atoms with Crippen LogP contribution in [0.3, 0.4) is 0 Å². The van der Waals surface area contributed by atoms with Crippen molar-refractivity contribution in [2.45, 2.75) is 6.04 Å². The van der Waals surface area contributed by atoms with Crippen LogP contribution in [0.1, 0.15) is 22.7 Å². The molecule has 1 aromatic heterocycles. The number of nitrogens with one attached hydrogen (secondary N) is 1. The number of aromatic nitrogens is 2. The molecule has 1 N–H and O–H groups in total. The Morgan fingerprint density at radius 3 is 2.11 bits per heavy atom. The molecule has 3 aromatic rings. The van der Waals surface area contributed by atoms with Crippen LogP contribution >= 0.6 is 0 Å². The smallest absolute Gasteiger partial charge is 0.288 e. The molecule has 6 heteroatoms. The van der Waals surface area contributed by atoms with Crippen LogP contribution < -0.4 is 11.2 Å². The number of hydrogen-bond donors (Lipinski definition) is 1. The van der Waals surface area contributed by atoms with E-state index in [-0.39, 0.29) is 11.3 Å². The first kappa shape index (κ1) is 17.7. The Labute approximate surface area is 155 Å². The van der Waals surface area contributed by atoms with Crippen LogP contribution in [0.15, 0.2) is 82.1 Å². The topological polar surface area (TPSA) is 83.0 Å². The second-order valence-corrected chi connectivity index (χ2v) is 5.73. The lowest BCUT2D eigenvalue weighted by Gasteiger charge is -2.21. The average Bonchev–Trinajstić information content (AvgIpc) is 2.70. The summed E-state index contributed by atoms with van der Waals surface area (Å²) in [7, 11) is 0. The van der Waals surface area contributed by atoms with Gasteiger partial charge >= 0.3 is 5.69 Å². The molecule has 1 heterocycles. The van der Waals surface area contributed by atoms with E-state index >= 15 is 0 Å². The summed E-state index contributed by atoms with van der Waals surface area (Å²) in [6, 6.07) is 20.1. The lowest BCUT2D eigenvalue weighted by atomic mass is 9.98. The molecule has 0 aliphatic rings. The molecule has 0 saturated heterocycles. The number of nitrogens with zero attached hydrogens (tertiary/aromatic N) is 3. The third kappa shape index (κ3) is 3.76. The minimum Gasteiger partial charge on any atom is -0.288 e. The highest BCUT2D eigenvalue weighted by molar-refractivity contribution is 5.57. The molecular weight excluding hydrogens is 340 g/mol. The van der Waals surface area contributed by atoms with Crippen molar-refractivity contribution in [1.29, 1.82) is 5.26 Å². The third-order valence-electron chi connectivity index (χ3n) is 4.03. The summed E-state index contributed by atoms with van der Waals surface area (Å²) in [6.07, 6.45) is 2.56. The highest BCUT2D eigenvalue weighted by Gasteiger charge is 2.18. The molecule has 130 valence electrons. The van der Waals surface area contributed by atoms with E-state index in [2.05, 4.69) is 9.83 Å². The van der Waals surface area contributed by atoms with Crippen molar-refractivity contribution < 1.29 is 0 Å². The normalized spacial score (nSPS) is 11.0. The highest BCUT2D eigenvalue weighted by Crippen LogP contribution is 2.25. The molecule has 0 saturated carbocycles. The molecule has 2 aromatic carbocycles. The first-order valence-electron chi connectivity index (χ1n) is 8.08. The van der Waals surface area contributed by atoms with Crippen LogP contribution in [-0.4, -0.2) is 9.55 Å². The van der Waals surface area contributed by atoms with Crippen LogP contribution in [-0.2, 0) is 0 Å². The summed E-state index contributed by atoms with van der Waals surface area (Å²) in [5.74, 6) is 0. The summed E-state index contributed by atoms with van der Waals surface area (Å²) in [4.78, 5) is 30.0. The van der Waals surface area contributed by atoms with Crippen molar-refractivity contribution in [3.63, 3.8) is 0 Å². The number of aromatic amines is 1. The lowest BCUT2D eigenvalue weighted by Crippen LogP contribution is -2.34. The number of allylic oxidation sites excluding steroid dienone is 1. The molecule has 0 fully saturated rings. The van der Waals surface area contributed by atoms with E-state index in [0.717, 1.165) is 11.1 Å². The fraction of sp³-hybridized carbons (Fsp3) is 0.0476. The molecule has 0 spiro atoms. The number of benzene rings is 2. The number of hydrogen-bond acceptors (Lipinski definition) is 3. The molecule has 27 heavy (non-hydrogen) atoms. The van der Waals surface area contributed by atoms with Crippen LogP contribution in [0.5, 0.6) is 0 Å². The number of nitriles is 1. The Kier molecular flexibility index (Phi) is 5.11. The van der Waals surface area contributed by atoms with Crippen molar-refractivity contribution in [3.8, 4) is 6.07 Å². The number of H-pyrrole nitrogens is 1. The molecule has 0 unspecified atom stereocenters. The summed E-state index contributed by atoms with van der Waals surface area (Å²) in [5.41, 5.74) is 0.335. The fourth-order valence-electron chi connectivity index (χ4n) is 2.82. The quantitative estimate of drug-likeness (QED) is 0.577. The van der Waals surface area contributed by atoms with Gasteiger partial charge < -0.3 is 0 Å². The van der Waals surface area contributed by atoms with Crippen LogP contribution in [0.25, 0.3) is 10.9 Å². The molecule has 3 rings (SSSR count). The maximum Gasteiger partial charge on any atom is 0.329 e. The minimum absolute atomic E-state index is 0.0685. The van der Waals surface area contributed by atoms with Crippen molar-refractivity contribution in [1.82, 2.24) is 9.55 Å². The van der Waals surface area contributed by atoms with E-state index in [0.29, 0.717) is 0 Å². The summed E-state index contributed by atoms with van der Waals surface area (Å²) in [5, 5.41) is 8.95. The van der Waals surface area contributed by atoms with Gasteiger partial charge in [0.1, 0.15) is 0 Å². The Bertz CT molecular complexity index is 1120. The average molecular weight is 354 g/mol. The second-order valence-electron chi connectivity index (χ2n) is 5.73. The van der Waals surface area contributed by atoms with Gasteiger partial charge in [0.2, 0.25) is 0 Å². The molecule has 0 atom stereocenters. The monoisotopic (exact) mass is 354 g/mol. The van der Waals surface area contributed by atoms with Gasteiger partial charge in [-0.25, -0.2) is 14.9 Å². The van der Waals surface area contributed by atoms with Crippen molar-refractivity contribution in [3.05, 3.63) is 122 Å². The van der Waals surface area contributed by atoms with Crippen molar-refractivity contribution >= 4 is 6.08 Å². The van der Waals surface area contributed by atoms with Gasteiger partial charge in [-0.3, -0.25) is 14.3 Å². The van der Waals surface area contributed by atoms with Gasteiger partial charge in [-0.05, 0) is 17.2 Å². The van der Waals surface area contributed by atoms with Crippen molar-refractivity contribution in [2.24, 2.45) is 0 Å². The van der Waals surface area contributed by atoms with Gasteiger partial charge in [0.25, 0.3) is 11.3 Å². The van der Waals surface area contributed by atoms with Crippen molar-refractivity contribution in [2.75, 3.05) is 0 Å². The van der Waals surface area contributed by atoms with Gasteiger partial charge in [0.05, 0.1) is 18.7 Å². The summed E-state index contributed by atoms with van der Waals surface area (Å²) < 4.78 is 1.40. The highest BCUT2D eigenvalue weighted by atomic mass is 16.2. The molecule has 0 amide bonds. The second kappa shape index (κ2) is 7.81. The molecular formula is C21H14N4O2. The van der Waals surface area contributed by atoms with Gasteiger partial charge in [0.15, 0.2) is 0 Å². The molecule has 0 aliphatic carbocycles. The van der Waals surface area contributed by atoms with Crippen LogP contribution in [0, 0.1) is 17.9 Å². The Hall–Kier alpha value is -4.16. The van der Waals surface area contributed by atoms with Gasteiger partial charge in [-0.15, -0.1) is 0 Å². The Morgan fingerprint density at radius 2 is 1.63 bits per heavy atom. The third-order valence-corrected chi connectivity index (χ3v) is 4.03. The maximum absolute atomic E-state index is 12.6. The van der Waals surface area contributed by atoms with E-state index < -0.39 is 17.3 Å². The van der Waals surface area contributed by atoms with E-state index in [9.17, 15) is 9.59 Å². The van der Waals surface area contributed by atoms with E-state index in [1.165, 1.54) is 16.8 Å². The SMILES string of the molecule is [C-]#[N+]C(C#N)=Cc1cn(C(c2ccccc2)c2ccccc2)c(=O)[nH]c1=O. The summed E-state index contributed by atoms with van der Waals surface area (Å²) in [6.45, 7) is 6.98. The molecule has 0 aliphatic heterocycles. The van der Waals surface area contributed by atoms with Gasteiger partial charge in [-0.1, -0.05) is 60.7 Å². The lowest BCUT2D eigenvalue weighted by molar-refractivity contribution is 0.625. The first-order valence-corrected chi connectivity index (χ1v) is 8.08. The zero-order chi connectivity index (χ0) is 19.2. The van der Waals surface area contributed by atoms with Gasteiger partial charge in [0, 0.05) is 11.8 Å². The summed E-state index contributed by atoms with van der Waals surface area (Å²) >= 11 is 0. The van der Waals surface area contributed by atoms with Gasteiger partial charge in [-0.2, -0.15) is 0 Å². The fourth-order valence-corrected chi connectivity index (χ4v) is 2.82. The van der Waals surface area contributed by atoms with Crippen LogP contribution in [0.2, 0.25) is 0 Å². The Morgan fingerprint density at radius 1 is 1.07 bits per heavy atom. The molecule has 6 nitrogen and oxygen atoms in total. The zero-order valence-electron chi connectivity index (χ0n) is 14.2. The largest absolute Gasteiger partial charge is 0.329 e. The zero-order valence-corrected chi connectivity index (χ0v) is 14.2. The Balaban J connectivity index is 2.27. The van der Waals surface area contributed by atoms with E-state index in [1.54, 1.807) is 6.07 Å². The first-order chi connectivity index (χ1) is 13.1. The van der Waals surface area contributed by atoms with Crippen LogP contribution in [0.4, 0.5) is 0 Å². The van der Waals surface area contributed by atoms with E-state index in [4.69, 9.17) is 11.8 Å².